The Balaban J connectivity index is 3.90. The van der Waals surface area contributed by atoms with E-state index in [9.17, 15) is 4.79 Å². The molecule has 14 heavy (non-hydrogen) atoms. The van der Waals surface area contributed by atoms with Crippen LogP contribution in [-0.4, -0.2) is 53.6 Å². The van der Waals surface area contributed by atoms with Gasteiger partial charge in [-0.25, -0.2) is 5.84 Å². The molecule has 0 saturated carbocycles. The van der Waals surface area contributed by atoms with Gasteiger partial charge in [-0.2, -0.15) is 0 Å². The largest absolute Gasteiger partial charge is 0.394 e. The van der Waals surface area contributed by atoms with E-state index in [2.05, 4.69) is 0 Å². The van der Waals surface area contributed by atoms with E-state index in [1.54, 1.807) is 0 Å². The molecule has 0 radical (unpaired) electrons. The second-order valence-electron chi connectivity index (χ2n) is 2.62. The van der Waals surface area contributed by atoms with Crippen molar-refractivity contribution in [1.82, 2.24) is 5.43 Å². The van der Waals surface area contributed by atoms with Gasteiger partial charge >= 0.3 is 0 Å². The van der Waals surface area contributed by atoms with Crippen molar-refractivity contribution in [2.24, 2.45) is 5.84 Å². The molecular weight excluding hydrogens is 208 g/mol. The van der Waals surface area contributed by atoms with Gasteiger partial charge < -0.3 is 14.9 Å². The van der Waals surface area contributed by atoms with Crippen LogP contribution in [0.2, 0.25) is 0 Å². The molecule has 0 aliphatic carbocycles. The third kappa shape index (κ3) is 5.40. The molecular formula is C7H16N2O4S. The Morgan fingerprint density at radius 2 is 2.36 bits per heavy atom. The molecule has 1 amide bonds. The van der Waals surface area contributed by atoms with Gasteiger partial charge in [-0.05, 0) is 0 Å². The highest BCUT2D eigenvalue weighted by atomic mass is 32.2. The molecule has 2 unspecified atom stereocenters. The number of methoxy groups -OCH3 is 1. The second-order valence-corrected chi connectivity index (χ2v) is 3.86. The molecule has 6 nitrogen and oxygen atoms in total. The Hall–Kier alpha value is -0.340. The van der Waals surface area contributed by atoms with Gasteiger partial charge in [0.05, 0.1) is 19.3 Å². The van der Waals surface area contributed by atoms with Gasteiger partial charge in [0.15, 0.2) is 0 Å². The number of nitrogens with two attached hydrogens (primary N) is 1. The SMILES string of the molecule is COCC(SCC(O)CO)C(=O)NN. The molecule has 2 atom stereocenters. The summed E-state index contributed by atoms with van der Waals surface area (Å²) in [6.45, 7) is -0.108. The smallest absolute Gasteiger partial charge is 0.249 e. The summed E-state index contributed by atoms with van der Waals surface area (Å²) in [5.41, 5.74) is 2.01. The molecule has 5 N–H and O–H groups in total. The van der Waals surface area contributed by atoms with Crippen LogP contribution in [0.15, 0.2) is 0 Å². The first kappa shape index (κ1) is 13.7. The fraction of sp³-hybridized carbons (Fsp3) is 0.857. The van der Waals surface area contributed by atoms with Crippen molar-refractivity contribution in [2.75, 3.05) is 26.1 Å². The minimum Gasteiger partial charge on any atom is -0.394 e. The minimum atomic E-state index is -0.829. The highest BCUT2D eigenvalue weighted by Crippen LogP contribution is 2.12. The quantitative estimate of drug-likeness (QED) is 0.228. The van der Waals surface area contributed by atoms with E-state index in [1.807, 2.05) is 5.43 Å². The van der Waals surface area contributed by atoms with Crippen LogP contribution in [0.1, 0.15) is 0 Å². The highest BCUT2D eigenvalue weighted by molar-refractivity contribution is 8.00. The van der Waals surface area contributed by atoms with Crippen LogP contribution in [0, 0.1) is 0 Å². The molecule has 0 heterocycles. The number of thioether (sulfide) groups is 1. The molecule has 0 aromatic rings. The standard InChI is InChI=1S/C7H16N2O4S/c1-13-3-6(7(12)9-8)14-4-5(11)2-10/h5-6,10-11H,2-4,8H2,1H3,(H,9,12). The van der Waals surface area contributed by atoms with Crippen LogP contribution < -0.4 is 11.3 Å². The number of amides is 1. The maximum atomic E-state index is 11.1. The number of hydrazine groups is 1. The van der Waals surface area contributed by atoms with Crippen LogP contribution in [0.5, 0.6) is 0 Å². The lowest BCUT2D eigenvalue weighted by Gasteiger charge is -2.15. The van der Waals surface area contributed by atoms with Crippen molar-refractivity contribution in [2.45, 2.75) is 11.4 Å². The number of hydrogen-bond donors (Lipinski definition) is 4. The lowest BCUT2D eigenvalue weighted by atomic mass is 10.4. The molecule has 0 rings (SSSR count). The molecule has 0 fully saturated rings. The summed E-state index contributed by atoms with van der Waals surface area (Å²) in [5, 5.41) is 17.1. The number of aliphatic hydroxyl groups excluding tert-OH is 2. The molecule has 84 valence electrons. The molecule has 0 spiro atoms. The van der Waals surface area contributed by atoms with Gasteiger partial charge in [-0.3, -0.25) is 10.2 Å². The predicted molar refractivity (Wildman–Crippen MR) is 53.5 cm³/mol. The van der Waals surface area contributed by atoms with Gasteiger partial charge in [0, 0.05) is 12.9 Å². The highest BCUT2D eigenvalue weighted by Gasteiger charge is 2.19. The number of nitrogens with one attached hydrogen (secondary N) is 1. The summed E-state index contributed by atoms with van der Waals surface area (Å²) in [6, 6.07) is 0. The van der Waals surface area contributed by atoms with Crippen LogP contribution in [0.4, 0.5) is 0 Å². The van der Waals surface area contributed by atoms with Gasteiger partial charge in [0.25, 0.3) is 0 Å². The summed E-state index contributed by atoms with van der Waals surface area (Å²) >= 11 is 1.18. The first-order valence-corrected chi connectivity index (χ1v) is 5.10. The molecule has 0 aromatic carbocycles. The molecule has 7 heteroatoms. The lowest BCUT2D eigenvalue weighted by molar-refractivity contribution is -0.121. The first-order valence-electron chi connectivity index (χ1n) is 4.05. The van der Waals surface area contributed by atoms with E-state index >= 15 is 0 Å². The molecule has 0 aromatic heterocycles. The van der Waals surface area contributed by atoms with E-state index in [1.165, 1.54) is 18.9 Å². The van der Waals surface area contributed by atoms with Gasteiger partial charge in [-0.15, -0.1) is 11.8 Å². The third-order valence-electron chi connectivity index (χ3n) is 1.45. The van der Waals surface area contributed by atoms with E-state index in [4.69, 9.17) is 20.8 Å². The van der Waals surface area contributed by atoms with Crippen LogP contribution in [0.25, 0.3) is 0 Å². The number of rotatable bonds is 7. The normalized spacial score (nSPS) is 14.9. The first-order chi connectivity index (χ1) is 6.65. The van der Waals surface area contributed by atoms with Crippen molar-refractivity contribution >= 4 is 17.7 Å². The third-order valence-corrected chi connectivity index (χ3v) is 2.78. The Kier molecular flexibility index (Phi) is 7.81. The van der Waals surface area contributed by atoms with Crippen LogP contribution in [0.3, 0.4) is 0 Å². The summed E-state index contributed by atoms with van der Waals surface area (Å²) in [6.07, 6.45) is -0.829. The zero-order chi connectivity index (χ0) is 11.0. The van der Waals surface area contributed by atoms with Crippen molar-refractivity contribution in [3.63, 3.8) is 0 Å². The van der Waals surface area contributed by atoms with Gasteiger partial charge in [0.2, 0.25) is 5.91 Å². The number of aliphatic hydroxyl groups is 2. The molecule has 0 aliphatic heterocycles. The zero-order valence-corrected chi connectivity index (χ0v) is 8.79. The Morgan fingerprint density at radius 3 is 2.79 bits per heavy atom. The average molecular weight is 224 g/mol. The van der Waals surface area contributed by atoms with Crippen LogP contribution in [-0.2, 0) is 9.53 Å². The predicted octanol–water partition coefficient (Wildman–Crippen LogP) is -1.92. The fourth-order valence-corrected chi connectivity index (χ4v) is 1.74. The lowest BCUT2D eigenvalue weighted by Crippen LogP contribution is -2.40. The van der Waals surface area contributed by atoms with Crippen molar-refractivity contribution in [3.8, 4) is 0 Å². The van der Waals surface area contributed by atoms with Crippen molar-refractivity contribution in [3.05, 3.63) is 0 Å². The Morgan fingerprint density at radius 1 is 1.71 bits per heavy atom. The Bertz CT molecular complexity index is 170. The molecule has 0 aliphatic rings. The summed E-state index contributed by atoms with van der Waals surface area (Å²) < 4.78 is 4.81. The number of ether oxygens (including phenoxy) is 1. The Labute approximate surface area is 86.8 Å². The van der Waals surface area contributed by atoms with Gasteiger partial charge in [-0.1, -0.05) is 0 Å². The minimum absolute atomic E-state index is 0.214. The number of carbonyl (C=O) groups is 1. The maximum Gasteiger partial charge on any atom is 0.249 e. The fourth-order valence-electron chi connectivity index (χ4n) is 0.724. The van der Waals surface area contributed by atoms with E-state index in [0.29, 0.717) is 0 Å². The van der Waals surface area contributed by atoms with E-state index in [0.717, 1.165) is 0 Å². The molecule has 0 bridgehead atoms. The van der Waals surface area contributed by atoms with Gasteiger partial charge in [0.1, 0.15) is 5.25 Å². The van der Waals surface area contributed by atoms with Crippen molar-refractivity contribution in [1.29, 1.82) is 0 Å². The van der Waals surface area contributed by atoms with E-state index < -0.39 is 11.4 Å². The number of carbonyl (C=O) groups excluding carboxylic acids is 1. The summed E-state index contributed by atoms with van der Waals surface area (Å²) in [5.74, 6) is 4.86. The van der Waals surface area contributed by atoms with Crippen molar-refractivity contribution < 1.29 is 19.7 Å². The molecule has 0 saturated heterocycles. The topological polar surface area (TPSA) is 105 Å². The maximum absolute atomic E-state index is 11.1. The summed E-state index contributed by atoms with van der Waals surface area (Å²) in [4.78, 5) is 11.1. The monoisotopic (exact) mass is 224 g/mol. The number of hydrogen-bond acceptors (Lipinski definition) is 6. The average Bonchev–Trinajstić information content (AvgIpc) is 2.22. The summed E-state index contributed by atoms with van der Waals surface area (Å²) in [7, 11) is 1.47. The second kappa shape index (κ2) is 8.01. The zero-order valence-electron chi connectivity index (χ0n) is 7.97. The van der Waals surface area contributed by atoms with Crippen LogP contribution >= 0.6 is 11.8 Å². The van der Waals surface area contributed by atoms with E-state index in [-0.39, 0.29) is 24.9 Å².